The molecule has 0 amide bonds. The van der Waals surface area contributed by atoms with Gasteiger partial charge in [0.15, 0.2) is 0 Å². The fourth-order valence-corrected chi connectivity index (χ4v) is 0.682. The summed E-state index contributed by atoms with van der Waals surface area (Å²) in [5, 5.41) is 0. The van der Waals surface area contributed by atoms with Crippen molar-refractivity contribution in [2.75, 3.05) is 0 Å². The molecule has 1 radical (unpaired) electrons. The van der Waals surface area contributed by atoms with Gasteiger partial charge in [0.25, 0.3) is 0 Å². The van der Waals surface area contributed by atoms with Crippen molar-refractivity contribution in [2.45, 2.75) is 13.3 Å². The van der Waals surface area contributed by atoms with Crippen molar-refractivity contribution in [3.63, 3.8) is 0 Å². The minimum absolute atomic E-state index is 1.05. The van der Waals surface area contributed by atoms with Crippen LogP contribution in [0.3, 0.4) is 0 Å². The zero-order chi connectivity index (χ0) is 5.82. The maximum atomic E-state index is 3.00. The molecular formula is C8H9. The molecule has 0 unspecified atom stereocenters. The molecule has 0 nitrogen and oxygen atoms in total. The Balaban J connectivity index is 2.66. The van der Waals surface area contributed by atoms with Crippen LogP contribution in [0.5, 0.6) is 0 Å². The highest BCUT2D eigenvalue weighted by molar-refractivity contribution is 5.26. The number of hydrogen-bond acceptors (Lipinski definition) is 0. The predicted octanol–water partition coefficient (Wildman–Crippen LogP) is 2.25. The third-order valence-electron chi connectivity index (χ3n) is 1.22. The molecule has 0 N–H and O–H groups in total. The fourth-order valence-electron chi connectivity index (χ4n) is 0.682. The van der Waals surface area contributed by atoms with Crippen LogP contribution < -0.4 is 0 Å². The molecule has 1 aliphatic rings. The van der Waals surface area contributed by atoms with Crippen LogP contribution in [0.4, 0.5) is 0 Å². The Morgan fingerprint density at radius 2 is 2.62 bits per heavy atom. The Bertz CT molecular complexity index is 147. The van der Waals surface area contributed by atoms with E-state index in [4.69, 9.17) is 0 Å². The van der Waals surface area contributed by atoms with Gasteiger partial charge in [-0.2, -0.15) is 0 Å². The van der Waals surface area contributed by atoms with Crippen molar-refractivity contribution in [3.05, 3.63) is 36.0 Å². The SMILES string of the molecule is CC=C1C=C[C]=CC1. The van der Waals surface area contributed by atoms with Gasteiger partial charge < -0.3 is 0 Å². The lowest BCUT2D eigenvalue weighted by atomic mass is 10.1. The average molecular weight is 105 g/mol. The van der Waals surface area contributed by atoms with Gasteiger partial charge in [-0.05, 0) is 25.0 Å². The summed E-state index contributed by atoms with van der Waals surface area (Å²) in [4.78, 5) is 0. The van der Waals surface area contributed by atoms with E-state index in [1.807, 2.05) is 12.2 Å². The summed E-state index contributed by atoms with van der Waals surface area (Å²) in [5.41, 5.74) is 1.38. The highest BCUT2D eigenvalue weighted by Gasteiger charge is 1.88. The van der Waals surface area contributed by atoms with Gasteiger partial charge in [0.1, 0.15) is 0 Å². The molecule has 0 aliphatic heterocycles. The van der Waals surface area contributed by atoms with Gasteiger partial charge in [-0.1, -0.05) is 24.3 Å². The van der Waals surface area contributed by atoms with Crippen molar-refractivity contribution in [1.29, 1.82) is 0 Å². The van der Waals surface area contributed by atoms with E-state index in [1.54, 1.807) is 0 Å². The summed E-state index contributed by atoms with van der Waals surface area (Å²) in [6.07, 6.45) is 12.2. The van der Waals surface area contributed by atoms with Crippen molar-refractivity contribution >= 4 is 0 Å². The standard InChI is InChI=1S/C8H9/c1-2-8-6-4-3-5-7-8/h2,4-6H,7H2,1H3. The normalized spacial score (nSPS) is 22.4. The molecule has 1 rings (SSSR count). The van der Waals surface area contributed by atoms with Crippen molar-refractivity contribution in [3.8, 4) is 0 Å². The second-order valence-electron chi connectivity index (χ2n) is 1.77. The van der Waals surface area contributed by atoms with Gasteiger partial charge in [0, 0.05) is 0 Å². The maximum Gasteiger partial charge on any atom is -0.00915 e. The minimum atomic E-state index is 1.05. The third kappa shape index (κ3) is 1.09. The van der Waals surface area contributed by atoms with Crippen LogP contribution in [-0.2, 0) is 0 Å². The van der Waals surface area contributed by atoms with E-state index in [1.165, 1.54) is 5.57 Å². The first-order chi connectivity index (χ1) is 3.93. The van der Waals surface area contributed by atoms with Gasteiger partial charge in [0.2, 0.25) is 0 Å². The van der Waals surface area contributed by atoms with E-state index >= 15 is 0 Å². The van der Waals surface area contributed by atoms with Gasteiger partial charge >= 0.3 is 0 Å². The molecule has 0 aromatic rings. The van der Waals surface area contributed by atoms with Crippen LogP contribution in [-0.4, -0.2) is 0 Å². The summed E-state index contributed by atoms with van der Waals surface area (Å²) in [7, 11) is 0. The topological polar surface area (TPSA) is 0 Å². The third-order valence-corrected chi connectivity index (χ3v) is 1.22. The quantitative estimate of drug-likeness (QED) is 0.443. The summed E-state index contributed by atoms with van der Waals surface area (Å²) in [6, 6.07) is 0. The second-order valence-corrected chi connectivity index (χ2v) is 1.77. The molecule has 0 saturated carbocycles. The number of hydrogen-bond donors (Lipinski definition) is 0. The van der Waals surface area contributed by atoms with Crippen LogP contribution in [0.1, 0.15) is 13.3 Å². The monoisotopic (exact) mass is 105 g/mol. The van der Waals surface area contributed by atoms with E-state index in [0.717, 1.165) is 6.42 Å². The zero-order valence-electron chi connectivity index (χ0n) is 5.02. The molecule has 0 atom stereocenters. The summed E-state index contributed by atoms with van der Waals surface area (Å²) in [5.74, 6) is 0. The van der Waals surface area contributed by atoms with Crippen LogP contribution in [0.15, 0.2) is 29.9 Å². The predicted molar refractivity (Wildman–Crippen MR) is 35.3 cm³/mol. The lowest BCUT2D eigenvalue weighted by molar-refractivity contribution is 1.24. The highest BCUT2D eigenvalue weighted by atomic mass is 13.9. The smallest absolute Gasteiger partial charge is 0.00915 e. The summed E-state index contributed by atoms with van der Waals surface area (Å²) >= 11 is 0. The zero-order valence-corrected chi connectivity index (χ0v) is 5.02. The Morgan fingerprint density at radius 3 is 3.00 bits per heavy atom. The maximum absolute atomic E-state index is 3.00. The highest BCUT2D eigenvalue weighted by Crippen LogP contribution is 2.07. The molecule has 0 aromatic carbocycles. The van der Waals surface area contributed by atoms with E-state index in [2.05, 4.69) is 25.2 Å². The first kappa shape index (κ1) is 5.36. The lowest BCUT2D eigenvalue weighted by Crippen LogP contribution is -1.77. The van der Waals surface area contributed by atoms with E-state index in [9.17, 15) is 0 Å². The minimum Gasteiger partial charge on any atom is -0.0841 e. The van der Waals surface area contributed by atoms with Crippen molar-refractivity contribution < 1.29 is 0 Å². The number of allylic oxidation sites excluding steroid dienone is 6. The fraction of sp³-hybridized carbons (Fsp3) is 0.250. The Hall–Kier alpha value is -0.780. The van der Waals surface area contributed by atoms with Crippen molar-refractivity contribution in [1.82, 2.24) is 0 Å². The van der Waals surface area contributed by atoms with Gasteiger partial charge in [-0.25, -0.2) is 0 Å². The van der Waals surface area contributed by atoms with Crippen LogP contribution in [0, 0.1) is 6.08 Å². The van der Waals surface area contributed by atoms with Crippen LogP contribution >= 0.6 is 0 Å². The Kier molecular flexibility index (Phi) is 1.68. The molecule has 0 heterocycles. The molecule has 41 valence electrons. The van der Waals surface area contributed by atoms with E-state index in [0.29, 0.717) is 0 Å². The second kappa shape index (κ2) is 2.51. The molecule has 0 saturated heterocycles. The molecule has 0 spiro atoms. The van der Waals surface area contributed by atoms with Gasteiger partial charge in [-0.15, -0.1) is 0 Å². The van der Waals surface area contributed by atoms with Crippen molar-refractivity contribution in [2.24, 2.45) is 0 Å². The molecule has 1 aliphatic carbocycles. The molecular weight excluding hydrogens is 96.1 g/mol. The Morgan fingerprint density at radius 1 is 1.75 bits per heavy atom. The number of rotatable bonds is 0. The first-order valence-corrected chi connectivity index (χ1v) is 2.83. The molecule has 0 heteroatoms. The van der Waals surface area contributed by atoms with Gasteiger partial charge in [0.05, 0.1) is 0 Å². The molecule has 0 bridgehead atoms. The van der Waals surface area contributed by atoms with Gasteiger partial charge in [-0.3, -0.25) is 0 Å². The van der Waals surface area contributed by atoms with Crippen LogP contribution in [0.25, 0.3) is 0 Å². The van der Waals surface area contributed by atoms with E-state index < -0.39 is 0 Å². The average Bonchev–Trinajstić information content (AvgIpc) is 1.90. The lowest BCUT2D eigenvalue weighted by Gasteiger charge is -1.96. The summed E-state index contributed by atoms with van der Waals surface area (Å²) in [6.45, 7) is 2.05. The first-order valence-electron chi connectivity index (χ1n) is 2.83. The van der Waals surface area contributed by atoms with Crippen LogP contribution in [0.2, 0.25) is 0 Å². The molecule has 0 fully saturated rings. The molecule has 0 aromatic heterocycles. The summed E-state index contributed by atoms with van der Waals surface area (Å²) < 4.78 is 0. The van der Waals surface area contributed by atoms with E-state index in [-0.39, 0.29) is 0 Å². The Labute approximate surface area is 50.2 Å². The molecule has 8 heavy (non-hydrogen) atoms. The largest absolute Gasteiger partial charge is 0.0841 e.